The quantitative estimate of drug-likeness (QED) is 0.567. The van der Waals surface area contributed by atoms with Gasteiger partial charge in [-0.25, -0.2) is 9.07 Å². The number of carbonyl (C=O) groups excluding carboxylic acids is 1. The van der Waals surface area contributed by atoms with Gasteiger partial charge in [-0.2, -0.15) is 5.10 Å². The van der Waals surface area contributed by atoms with E-state index in [1.165, 1.54) is 12.1 Å². The van der Waals surface area contributed by atoms with Crippen molar-refractivity contribution in [3.8, 4) is 28.4 Å². The van der Waals surface area contributed by atoms with E-state index in [9.17, 15) is 9.18 Å². The SMILES string of the molecule is CNC(=O)c1nn(-c2ccc(F)c(Cl)c2)c2c1Cc1cc(OC)c(OC)cc1-2. The predicted molar refractivity (Wildman–Crippen MR) is 103 cm³/mol. The Labute approximate surface area is 165 Å². The molecule has 0 aliphatic heterocycles. The number of aromatic nitrogens is 2. The fraction of sp³-hybridized carbons (Fsp3) is 0.200. The van der Waals surface area contributed by atoms with Crippen LogP contribution in [-0.4, -0.2) is 37.0 Å². The number of rotatable bonds is 4. The molecule has 1 N–H and O–H groups in total. The van der Waals surface area contributed by atoms with E-state index in [1.54, 1.807) is 32.0 Å². The minimum absolute atomic E-state index is 0.0197. The fourth-order valence-corrected chi connectivity index (χ4v) is 3.65. The number of halogens is 2. The van der Waals surface area contributed by atoms with Gasteiger partial charge in [0, 0.05) is 24.6 Å². The molecule has 144 valence electrons. The molecule has 1 aromatic heterocycles. The van der Waals surface area contributed by atoms with Crippen LogP contribution in [0.5, 0.6) is 11.5 Å². The second-order valence-electron chi connectivity index (χ2n) is 6.31. The highest BCUT2D eigenvalue weighted by molar-refractivity contribution is 6.30. The van der Waals surface area contributed by atoms with Crippen molar-refractivity contribution in [1.29, 1.82) is 0 Å². The van der Waals surface area contributed by atoms with Crippen LogP contribution in [-0.2, 0) is 6.42 Å². The smallest absolute Gasteiger partial charge is 0.271 e. The molecular weight excluding hydrogens is 385 g/mol. The Morgan fingerprint density at radius 1 is 1.21 bits per heavy atom. The van der Waals surface area contributed by atoms with Crippen LogP contribution in [0.25, 0.3) is 16.9 Å². The van der Waals surface area contributed by atoms with Crippen LogP contribution in [0, 0.1) is 5.82 Å². The number of ether oxygens (including phenoxy) is 2. The van der Waals surface area contributed by atoms with Gasteiger partial charge in [0.05, 0.1) is 30.6 Å². The summed E-state index contributed by atoms with van der Waals surface area (Å²) in [5.74, 6) is 0.361. The summed E-state index contributed by atoms with van der Waals surface area (Å²) in [6, 6.07) is 8.08. The molecule has 0 saturated carbocycles. The number of carbonyl (C=O) groups is 1. The number of amides is 1. The van der Waals surface area contributed by atoms with Gasteiger partial charge in [-0.1, -0.05) is 11.6 Å². The van der Waals surface area contributed by atoms with Gasteiger partial charge in [-0.15, -0.1) is 0 Å². The van der Waals surface area contributed by atoms with E-state index in [0.29, 0.717) is 29.3 Å². The Morgan fingerprint density at radius 3 is 2.57 bits per heavy atom. The van der Waals surface area contributed by atoms with Crippen molar-refractivity contribution in [2.45, 2.75) is 6.42 Å². The molecule has 1 aliphatic rings. The lowest BCUT2D eigenvalue weighted by atomic mass is 10.1. The van der Waals surface area contributed by atoms with Crippen LogP contribution in [0.3, 0.4) is 0 Å². The average molecular weight is 402 g/mol. The van der Waals surface area contributed by atoms with E-state index < -0.39 is 5.82 Å². The summed E-state index contributed by atoms with van der Waals surface area (Å²) in [7, 11) is 4.69. The topological polar surface area (TPSA) is 65.4 Å². The van der Waals surface area contributed by atoms with E-state index in [4.69, 9.17) is 21.1 Å². The van der Waals surface area contributed by atoms with Gasteiger partial charge in [0.2, 0.25) is 0 Å². The summed E-state index contributed by atoms with van der Waals surface area (Å²) in [5.41, 5.74) is 4.25. The first-order valence-electron chi connectivity index (χ1n) is 8.53. The molecule has 28 heavy (non-hydrogen) atoms. The number of benzene rings is 2. The molecule has 0 spiro atoms. The van der Waals surface area contributed by atoms with E-state index in [2.05, 4.69) is 10.4 Å². The normalized spacial score (nSPS) is 11.8. The molecule has 0 radical (unpaired) electrons. The maximum Gasteiger partial charge on any atom is 0.271 e. The molecule has 0 unspecified atom stereocenters. The van der Waals surface area contributed by atoms with Crippen molar-refractivity contribution in [3.63, 3.8) is 0 Å². The molecule has 8 heteroatoms. The highest BCUT2D eigenvalue weighted by Crippen LogP contribution is 2.44. The fourth-order valence-electron chi connectivity index (χ4n) is 3.48. The largest absolute Gasteiger partial charge is 0.493 e. The van der Waals surface area contributed by atoms with Gasteiger partial charge in [0.25, 0.3) is 5.91 Å². The second-order valence-corrected chi connectivity index (χ2v) is 6.71. The zero-order valence-electron chi connectivity index (χ0n) is 15.5. The summed E-state index contributed by atoms with van der Waals surface area (Å²) in [6.45, 7) is 0. The Morgan fingerprint density at radius 2 is 1.93 bits per heavy atom. The van der Waals surface area contributed by atoms with E-state index in [0.717, 1.165) is 22.4 Å². The van der Waals surface area contributed by atoms with Crippen LogP contribution in [0.4, 0.5) is 4.39 Å². The molecule has 1 aliphatic carbocycles. The summed E-state index contributed by atoms with van der Waals surface area (Å²) < 4.78 is 26.1. The first-order valence-corrected chi connectivity index (χ1v) is 8.91. The maximum atomic E-state index is 13.6. The highest BCUT2D eigenvalue weighted by Gasteiger charge is 2.32. The summed E-state index contributed by atoms with van der Waals surface area (Å²) in [4.78, 5) is 12.4. The first kappa shape index (κ1) is 18.3. The molecule has 6 nitrogen and oxygen atoms in total. The van der Waals surface area contributed by atoms with Crippen LogP contribution in [0.1, 0.15) is 21.6 Å². The third-order valence-electron chi connectivity index (χ3n) is 4.81. The number of fused-ring (bicyclic) bond motifs is 3. The number of methoxy groups -OCH3 is 2. The van der Waals surface area contributed by atoms with Crippen LogP contribution in [0.15, 0.2) is 30.3 Å². The minimum atomic E-state index is -0.521. The zero-order chi connectivity index (χ0) is 20.0. The number of nitrogens with zero attached hydrogens (tertiary/aromatic N) is 2. The van der Waals surface area contributed by atoms with Gasteiger partial charge < -0.3 is 14.8 Å². The molecule has 3 aromatic rings. The molecule has 2 aromatic carbocycles. The molecule has 0 bridgehead atoms. The van der Waals surface area contributed by atoms with Gasteiger partial charge in [-0.3, -0.25) is 4.79 Å². The van der Waals surface area contributed by atoms with Gasteiger partial charge in [-0.05, 0) is 35.9 Å². The van der Waals surface area contributed by atoms with Gasteiger partial charge in [0.1, 0.15) is 5.82 Å². The van der Waals surface area contributed by atoms with E-state index in [-0.39, 0.29) is 10.9 Å². The molecule has 0 fully saturated rings. The predicted octanol–water partition coefficient (Wildman–Crippen LogP) is 3.61. The lowest BCUT2D eigenvalue weighted by Crippen LogP contribution is -2.20. The second kappa shape index (κ2) is 6.83. The highest BCUT2D eigenvalue weighted by atomic mass is 35.5. The standard InChI is InChI=1S/C20H17ClFN3O3/c1-23-20(26)18-13-6-10-7-16(27-2)17(28-3)9-12(10)19(13)25(24-18)11-4-5-15(22)14(21)8-11/h4-5,7-9H,6H2,1-3H3,(H,23,26). The van der Waals surface area contributed by atoms with Crippen molar-refractivity contribution in [1.82, 2.24) is 15.1 Å². The minimum Gasteiger partial charge on any atom is -0.493 e. The lowest BCUT2D eigenvalue weighted by Gasteiger charge is -2.12. The monoisotopic (exact) mass is 401 g/mol. The lowest BCUT2D eigenvalue weighted by molar-refractivity contribution is 0.0957. The average Bonchev–Trinajstić information content (AvgIpc) is 3.25. The van der Waals surface area contributed by atoms with Crippen LogP contribution < -0.4 is 14.8 Å². The van der Waals surface area contributed by atoms with Gasteiger partial charge >= 0.3 is 0 Å². The summed E-state index contributed by atoms with van der Waals surface area (Å²) >= 11 is 5.97. The van der Waals surface area contributed by atoms with Crippen LogP contribution >= 0.6 is 11.6 Å². The van der Waals surface area contributed by atoms with Gasteiger partial charge in [0.15, 0.2) is 17.2 Å². The van der Waals surface area contributed by atoms with E-state index in [1.807, 2.05) is 12.1 Å². The zero-order valence-corrected chi connectivity index (χ0v) is 16.2. The molecule has 1 heterocycles. The first-order chi connectivity index (χ1) is 13.5. The molecule has 1 amide bonds. The Hall–Kier alpha value is -3.06. The number of hydrogen-bond acceptors (Lipinski definition) is 4. The number of hydrogen-bond donors (Lipinski definition) is 1. The van der Waals surface area contributed by atoms with Crippen molar-refractivity contribution in [2.24, 2.45) is 0 Å². The van der Waals surface area contributed by atoms with Crippen molar-refractivity contribution < 1.29 is 18.7 Å². The van der Waals surface area contributed by atoms with Crippen molar-refractivity contribution in [3.05, 3.63) is 58.0 Å². The van der Waals surface area contributed by atoms with Crippen molar-refractivity contribution >= 4 is 17.5 Å². The molecular formula is C20H17ClFN3O3. The van der Waals surface area contributed by atoms with Crippen LogP contribution in [0.2, 0.25) is 5.02 Å². The maximum absolute atomic E-state index is 13.6. The Bertz CT molecular complexity index is 1110. The Kier molecular flexibility index (Phi) is 4.47. The summed E-state index contributed by atoms with van der Waals surface area (Å²) in [6.07, 6.45) is 0.517. The molecule has 4 rings (SSSR count). The molecule has 0 atom stereocenters. The third-order valence-corrected chi connectivity index (χ3v) is 5.09. The van der Waals surface area contributed by atoms with E-state index >= 15 is 0 Å². The number of nitrogens with one attached hydrogen (secondary N) is 1. The van der Waals surface area contributed by atoms with Crippen molar-refractivity contribution in [2.75, 3.05) is 21.3 Å². The Balaban J connectivity index is 1.98. The third kappa shape index (κ3) is 2.70. The molecule has 0 saturated heterocycles. The summed E-state index contributed by atoms with van der Waals surface area (Å²) in [5, 5.41) is 7.09.